The summed E-state index contributed by atoms with van der Waals surface area (Å²) in [5, 5.41) is 11.5. The van der Waals surface area contributed by atoms with Gasteiger partial charge < -0.3 is 10.1 Å². The Hall–Kier alpha value is -2.11. The lowest BCUT2D eigenvalue weighted by Gasteiger charge is -2.37. The van der Waals surface area contributed by atoms with Gasteiger partial charge in [-0.25, -0.2) is 8.42 Å². The average molecular weight is 495 g/mol. The minimum atomic E-state index is -3.92. The fourth-order valence-corrected chi connectivity index (χ4v) is 6.84. The van der Waals surface area contributed by atoms with Crippen molar-refractivity contribution in [3.05, 3.63) is 29.3 Å². The van der Waals surface area contributed by atoms with Gasteiger partial charge in [0.15, 0.2) is 9.84 Å². The standard InChI is InChI=1S/C24H31ClN2O5S/c1-23(2,3)32-22(29)17-10-9-16(21(28)27-24(15-26)11-6-12-24)13-18(14-17)33(30,31)20-8-5-4-7-19(20)25/h4-5,7-8,16-18H,6,9-14H2,1-3H3,(H,27,28)/t16-,17?,18+/m0/s1. The first-order chi connectivity index (χ1) is 15.4. The van der Waals surface area contributed by atoms with E-state index < -0.39 is 44.0 Å². The molecule has 0 aliphatic heterocycles. The van der Waals surface area contributed by atoms with Gasteiger partial charge in [0.1, 0.15) is 11.1 Å². The fraction of sp³-hybridized carbons (Fsp3) is 0.625. The van der Waals surface area contributed by atoms with Gasteiger partial charge in [-0.15, -0.1) is 0 Å². The SMILES string of the molecule is CC(C)(C)OC(=O)C1CC[C@H](C(=O)NC2(C#N)CCC2)C[C@@H](S(=O)(=O)c2ccccc2Cl)C1. The molecule has 0 bridgehead atoms. The van der Waals surface area contributed by atoms with Crippen LogP contribution in [0.2, 0.25) is 5.02 Å². The molecule has 3 rings (SSSR count). The van der Waals surface area contributed by atoms with Crippen LogP contribution in [0.1, 0.15) is 65.7 Å². The van der Waals surface area contributed by atoms with Crippen LogP contribution in [0.5, 0.6) is 0 Å². The molecule has 180 valence electrons. The molecular formula is C24H31ClN2O5S. The molecule has 1 aromatic carbocycles. The quantitative estimate of drug-likeness (QED) is 0.485. The molecule has 1 unspecified atom stereocenters. The number of halogens is 1. The molecule has 0 saturated heterocycles. The number of nitrogens with zero attached hydrogens (tertiary/aromatic N) is 1. The Balaban J connectivity index is 1.90. The number of esters is 1. The molecule has 0 heterocycles. The third-order valence-corrected chi connectivity index (χ3v) is 9.11. The number of ether oxygens (including phenoxy) is 1. The highest BCUT2D eigenvalue weighted by atomic mass is 35.5. The van der Waals surface area contributed by atoms with Crippen molar-refractivity contribution in [3.8, 4) is 6.07 Å². The first-order valence-electron chi connectivity index (χ1n) is 11.3. The van der Waals surface area contributed by atoms with E-state index in [1.165, 1.54) is 12.1 Å². The molecule has 0 spiro atoms. The molecule has 2 aliphatic rings. The number of benzene rings is 1. The van der Waals surface area contributed by atoms with E-state index in [1.54, 1.807) is 32.9 Å². The van der Waals surface area contributed by atoms with Crippen LogP contribution in [0.15, 0.2) is 29.2 Å². The van der Waals surface area contributed by atoms with Gasteiger partial charge in [-0.05, 0) is 77.8 Å². The summed E-state index contributed by atoms with van der Waals surface area (Å²) in [6.07, 6.45) is 2.82. The molecule has 1 aromatic rings. The number of hydrogen-bond donors (Lipinski definition) is 1. The molecule has 3 atom stereocenters. The van der Waals surface area contributed by atoms with Crippen molar-refractivity contribution < 1.29 is 22.7 Å². The normalized spacial score (nSPS) is 25.1. The maximum atomic E-state index is 13.6. The van der Waals surface area contributed by atoms with E-state index in [1.807, 2.05) is 0 Å². The van der Waals surface area contributed by atoms with Crippen LogP contribution in [-0.2, 0) is 24.2 Å². The Labute approximate surface area is 200 Å². The summed E-state index contributed by atoms with van der Waals surface area (Å²) >= 11 is 6.20. The molecule has 2 fully saturated rings. The zero-order valence-corrected chi connectivity index (χ0v) is 20.8. The van der Waals surface area contributed by atoms with Crippen molar-refractivity contribution >= 4 is 33.3 Å². The van der Waals surface area contributed by atoms with E-state index in [0.29, 0.717) is 25.7 Å². The van der Waals surface area contributed by atoms with Gasteiger partial charge in [0.05, 0.1) is 27.2 Å². The molecule has 2 saturated carbocycles. The Bertz CT molecular complexity index is 1050. The number of amides is 1. The Morgan fingerprint density at radius 1 is 1.15 bits per heavy atom. The van der Waals surface area contributed by atoms with E-state index in [4.69, 9.17) is 16.3 Å². The molecule has 33 heavy (non-hydrogen) atoms. The number of carbonyl (C=O) groups excluding carboxylic acids is 2. The van der Waals surface area contributed by atoms with Gasteiger partial charge in [0.25, 0.3) is 0 Å². The van der Waals surface area contributed by atoms with Crippen molar-refractivity contribution in [1.82, 2.24) is 5.32 Å². The van der Waals surface area contributed by atoms with Gasteiger partial charge in [-0.2, -0.15) is 5.26 Å². The molecular weight excluding hydrogens is 464 g/mol. The van der Waals surface area contributed by atoms with Crippen molar-refractivity contribution in [2.75, 3.05) is 0 Å². The largest absolute Gasteiger partial charge is 0.460 e. The van der Waals surface area contributed by atoms with E-state index >= 15 is 0 Å². The molecule has 0 aromatic heterocycles. The topological polar surface area (TPSA) is 113 Å². The first-order valence-corrected chi connectivity index (χ1v) is 13.2. The Kier molecular flexibility index (Phi) is 7.45. The van der Waals surface area contributed by atoms with Gasteiger partial charge in [0.2, 0.25) is 5.91 Å². The van der Waals surface area contributed by atoms with E-state index in [0.717, 1.165) is 6.42 Å². The maximum Gasteiger partial charge on any atom is 0.309 e. The second-order valence-electron chi connectivity index (χ2n) is 10.1. The second-order valence-corrected chi connectivity index (χ2v) is 12.7. The Morgan fingerprint density at radius 2 is 1.76 bits per heavy atom. The zero-order chi connectivity index (χ0) is 24.4. The molecule has 1 N–H and O–H groups in total. The Morgan fingerprint density at radius 3 is 2.30 bits per heavy atom. The predicted octanol–water partition coefficient (Wildman–Crippen LogP) is 4.19. The minimum absolute atomic E-state index is 0.00634. The summed E-state index contributed by atoms with van der Waals surface area (Å²) in [6.45, 7) is 5.28. The van der Waals surface area contributed by atoms with Crippen LogP contribution >= 0.6 is 11.6 Å². The van der Waals surface area contributed by atoms with Crippen LogP contribution in [0.4, 0.5) is 0 Å². The van der Waals surface area contributed by atoms with Gasteiger partial charge in [0, 0.05) is 5.92 Å². The minimum Gasteiger partial charge on any atom is -0.460 e. The van der Waals surface area contributed by atoms with Gasteiger partial charge in [-0.1, -0.05) is 23.7 Å². The number of nitrogens with one attached hydrogen (secondary N) is 1. The van der Waals surface area contributed by atoms with Crippen molar-refractivity contribution in [2.45, 2.75) is 87.0 Å². The van der Waals surface area contributed by atoms with Gasteiger partial charge >= 0.3 is 5.97 Å². The van der Waals surface area contributed by atoms with E-state index in [-0.39, 0.29) is 28.7 Å². The number of nitriles is 1. The van der Waals surface area contributed by atoms with Crippen LogP contribution < -0.4 is 5.32 Å². The third kappa shape index (κ3) is 5.88. The lowest BCUT2D eigenvalue weighted by molar-refractivity contribution is -0.160. The number of hydrogen-bond acceptors (Lipinski definition) is 6. The van der Waals surface area contributed by atoms with Crippen LogP contribution in [0.25, 0.3) is 0 Å². The van der Waals surface area contributed by atoms with E-state index in [9.17, 15) is 23.3 Å². The maximum absolute atomic E-state index is 13.6. The smallest absolute Gasteiger partial charge is 0.309 e. The lowest BCUT2D eigenvalue weighted by Crippen LogP contribution is -2.54. The summed E-state index contributed by atoms with van der Waals surface area (Å²) < 4.78 is 32.7. The lowest BCUT2D eigenvalue weighted by atomic mass is 9.77. The second kappa shape index (κ2) is 9.63. The summed E-state index contributed by atoms with van der Waals surface area (Å²) in [5.74, 6) is -2.08. The highest BCUT2D eigenvalue weighted by Crippen LogP contribution is 2.38. The summed E-state index contributed by atoms with van der Waals surface area (Å²) in [7, 11) is -3.92. The fourth-order valence-electron chi connectivity index (χ4n) is 4.45. The van der Waals surface area contributed by atoms with Crippen LogP contribution in [-0.4, -0.2) is 36.7 Å². The summed E-state index contributed by atoms with van der Waals surface area (Å²) in [4.78, 5) is 26.0. The van der Waals surface area contributed by atoms with Crippen LogP contribution in [0, 0.1) is 23.2 Å². The first kappa shape index (κ1) is 25.5. The average Bonchev–Trinajstić information content (AvgIpc) is 2.93. The van der Waals surface area contributed by atoms with Crippen LogP contribution in [0.3, 0.4) is 0 Å². The monoisotopic (exact) mass is 494 g/mol. The van der Waals surface area contributed by atoms with Crippen molar-refractivity contribution in [2.24, 2.45) is 11.8 Å². The zero-order valence-electron chi connectivity index (χ0n) is 19.3. The number of sulfone groups is 1. The summed E-state index contributed by atoms with van der Waals surface area (Å²) in [5.41, 5.74) is -1.58. The number of rotatable bonds is 5. The van der Waals surface area contributed by atoms with Crippen molar-refractivity contribution in [1.29, 1.82) is 5.26 Å². The molecule has 2 aliphatic carbocycles. The molecule has 7 nitrogen and oxygen atoms in total. The van der Waals surface area contributed by atoms with E-state index in [2.05, 4.69) is 11.4 Å². The highest BCUT2D eigenvalue weighted by molar-refractivity contribution is 7.92. The summed E-state index contributed by atoms with van der Waals surface area (Å²) in [6, 6.07) is 8.38. The third-order valence-electron chi connectivity index (χ3n) is 6.43. The van der Waals surface area contributed by atoms with Crippen molar-refractivity contribution in [3.63, 3.8) is 0 Å². The molecule has 0 radical (unpaired) electrons. The number of carbonyl (C=O) groups is 2. The molecule has 1 amide bonds. The van der Waals surface area contributed by atoms with Gasteiger partial charge in [-0.3, -0.25) is 9.59 Å². The highest BCUT2D eigenvalue weighted by Gasteiger charge is 2.44. The predicted molar refractivity (Wildman–Crippen MR) is 124 cm³/mol. The molecule has 9 heteroatoms.